The molecule has 1 rings (SSSR count). The lowest BCUT2D eigenvalue weighted by Gasteiger charge is -2.14. The number of nitrogens with two attached hydrogens (primary N) is 1. The lowest BCUT2D eigenvalue weighted by molar-refractivity contribution is -0.384. The maximum atomic E-state index is 11.2. The number of methoxy groups -OCH3 is 1. The first kappa shape index (κ1) is 15.9. The van der Waals surface area contributed by atoms with Crippen molar-refractivity contribution in [2.24, 2.45) is 11.7 Å². The van der Waals surface area contributed by atoms with Crippen molar-refractivity contribution in [3.05, 3.63) is 33.9 Å². The molecule has 20 heavy (non-hydrogen) atoms. The lowest BCUT2D eigenvalue weighted by Crippen LogP contribution is -2.18. The van der Waals surface area contributed by atoms with Crippen molar-refractivity contribution in [3.63, 3.8) is 0 Å². The molecule has 3 N–H and O–H groups in total. The van der Waals surface area contributed by atoms with Crippen molar-refractivity contribution in [1.29, 1.82) is 0 Å². The molecule has 1 unspecified atom stereocenters. The van der Waals surface area contributed by atoms with E-state index in [2.05, 4.69) is 0 Å². The number of carboxylic acid groups (broad SMARTS) is 1. The summed E-state index contributed by atoms with van der Waals surface area (Å²) in [7, 11) is 1.44. The highest BCUT2D eigenvalue weighted by atomic mass is 16.6. The van der Waals surface area contributed by atoms with Crippen LogP contribution in [0.4, 0.5) is 5.69 Å². The normalized spacial score (nSPS) is 11.9. The number of non-ortho nitro benzene ring substituents is 1. The molecular weight excluding hydrogens is 264 g/mol. The van der Waals surface area contributed by atoms with E-state index >= 15 is 0 Å². The van der Waals surface area contributed by atoms with Gasteiger partial charge in [-0.3, -0.25) is 14.9 Å². The first-order valence-corrected chi connectivity index (χ1v) is 6.23. The summed E-state index contributed by atoms with van der Waals surface area (Å²) in [6.07, 6.45) is 1.20. The van der Waals surface area contributed by atoms with Crippen LogP contribution in [0.1, 0.15) is 18.4 Å². The molecule has 0 aliphatic heterocycles. The number of nitrogens with zero attached hydrogens (tertiary/aromatic N) is 1. The van der Waals surface area contributed by atoms with Gasteiger partial charge in [-0.1, -0.05) is 0 Å². The number of hydrogen-bond acceptors (Lipinski definition) is 5. The standard InChI is InChI=1S/C13H18N2O5/c1-20-12-5-4-11(15(18)19)8-10(12)7-9(13(16)17)3-2-6-14/h4-5,8-9H,2-3,6-7,14H2,1H3,(H,16,17). The number of carboxylic acids is 1. The Morgan fingerprint density at radius 3 is 2.75 bits per heavy atom. The number of aliphatic carboxylic acids is 1. The molecule has 0 spiro atoms. The average molecular weight is 282 g/mol. The minimum atomic E-state index is -0.938. The predicted octanol–water partition coefficient (Wildman–Crippen LogP) is 1.59. The minimum Gasteiger partial charge on any atom is -0.496 e. The highest BCUT2D eigenvalue weighted by Gasteiger charge is 2.21. The summed E-state index contributed by atoms with van der Waals surface area (Å²) in [5.74, 6) is -1.11. The zero-order valence-corrected chi connectivity index (χ0v) is 11.2. The van der Waals surface area contributed by atoms with Gasteiger partial charge >= 0.3 is 5.97 Å². The van der Waals surface area contributed by atoms with Crippen LogP contribution in [0.5, 0.6) is 5.75 Å². The van der Waals surface area contributed by atoms with E-state index in [1.165, 1.54) is 25.3 Å². The highest BCUT2D eigenvalue weighted by Crippen LogP contribution is 2.27. The Balaban J connectivity index is 2.99. The number of ether oxygens (including phenoxy) is 1. The third kappa shape index (κ3) is 4.20. The lowest BCUT2D eigenvalue weighted by atomic mass is 9.94. The van der Waals surface area contributed by atoms with E-state index in [1.54, 1.807) is 0 Å². The van der Waals surface area contributed by atoms with E-state index in [1.807, 2.05) is 0 Å². The molecule has 7 nitrogen and oxygen atoms in total. The molecular formula is C13H18N2O5. The quantitative estimate of drug-likeness (QED) is 0.552. The van der Waals surface area contributed by atoms with Crippen LogP contribution >= 0.6 is 0 Å². The van der Waals surface area contributed by atoms with Crippen molar-refractivity contribution in [2.75, 3.05) is 13.7 Å². The third-order valence-corrected chi connectivity index (χ3v) is 3.05. The Kier molecular flexibility index (Phi) is 5.92. The van der Waals surface area contributed by atoms with Gasteiger partial charge < -0.3 is 15.6 Å². The predicted molar refractivity (Wildman–Crippen MR) is 72.8 cm³/mol. The van der Waals surface area contributed by atoms with E-state index < -0.39 is 16.8 Å². The number of benzene rings is 1. The number of hydrogen-bond donors (Lipinski definition) is 2. The fraction of sp³-hybridized carbons (Fsp3) is 0.462. The van der Waals surface area contributed by atoms with Gasteiger partial charge in [0, 0.05) is 17.7 Å². The Labute approximate surface area is 116 Å². The van der Waals surface area contributed by atoms with Crippen LogP contribution in [-0.4, -0.2) is 29.7 Å². The number of nitro groups is 1. The Hall–Kier alpha value is -2.15. The molecule has 7 heteroatoms. The first-order chi connectivity index (χ1) is 9.49. The second-order valence-corrected chi connectivity index (χ2v) is 4.42. The molecule has 0 aliphatic rings. The van der Waals surface area contributed by atoms with Gasteiger partial charge in [-0.2, -0.15) is 0 Å². The fourth-order valence-electron chi connectivity index (χ4n) is 1.98. The van der Waals surface area contributed by atoms with Gasteiger partial charge in [0.05, 0.1) is 18.0 Å². The molecule has 0 aliphatic carbocycles. The second-order valence-electron chi connectivity index (χ2n) is 4.42. The van der Waals surface area contributed by atoms with Crippen LogP contribution in [0.15, 0.2) is 18.2 Å². The van der Waals surface area contributed by atoms with Gasteiger partial charge in [-0.05, 0) is 31.9 Å². The van der Waals surface area contributed by atoms with Gasteiger partial charge in [-0.15, -0.1) is 0 Å². The molecule has 0 amide bonds. The van der Waals surface area contributed by atoms with E-state index in [0.717, 1.165) is 0 Å². The number of rotatable bonds is 8. The summed E-state index contributed by atoms with van der Waals surface area (Å²) in [4.78, 5) is 21.5. The van der Waals surface area contributed by atoms with Crippen LogP contribution in [0.3, 0.4) is 0 Å². The fourth-order valence-corrected chi connectivity index (χ4v) is 1.98. The van der Waals surface area contributed by atoms with Gasteiger partial charge in [-0.25, -0.2) is 0 Å². The van der Waals surface area contributed by atoms with Crippen LogP contribution < -0.4 is 10.5 Å². The van der Waals surface area contributed by atoms with Crippen LogP contribution in [0.2, 0.25) is 0 Å². The van der Waals surface area contributed by atoms with E-state index in [-0.39, 0.29) is 12.1 Å². The zero-order chi connectivity index (χ0) is 15.1. The molecule has 1 atom stereocenters. The summed E-state index contributed by atoms with van der Waals surface area (Å²) in [6, 6.07) is 4.17. The molecule has 0 bridgehead atoms. The second kappa shape index (κ2) is 7.44. The van der Waals surface area contributed by atoms with Crippen molar-refractivity contribution < 1.29 is 19.6 Å². The van der Waals surface area contributed by atoms with Gasteiger partial charge in [0.15, 0.2) is 0 Å². The van der Waals surface area contributed by atoms with E-state index in [4.69, 9.17) is 10.5 Å². The van der Waals surface area contributed by atoms with Gasteiger partial charge in [0.2, 0.25) is 0 Å². The molecule has 0 heterocycles. The molecule has 0 saturated carbocycles. The summed E-state index contributed by atoms with van der Waals surface area (Å²) in [5.41, 5.74) is 5.82. The van der Waals surface area contributed by atoms with Crippen molar-refractivity contribution in [2.45, 2.75) is 19.3 Å². The van der Waals surface area contributed by atoms with Gasteiger partial charge in [0.1, 0.15) is 5.75 Å². The maximum Gasteiger partial charge on any atom is 0.306 e. The number of nitro benzene ring substituents is 1. The molecule has 1 aromatic rings. The Morgan fingerprint density at radius 1 is 1.55 bits per heavy atom. The van der Waals surface area contributed by atoms with Crippen LogP contribution in [0, 0.1) is 16.0 Å². The largest absolute Gasteiger partial charge is 0.496 e. The Bertz CT molecular complexity index is 490. The van der Waals surface area contributed by atoms with Gasteiger partial charge in [0.25, 0.3) is 5.69 Å². The van der Waals surface area contributed by atoms with E-state index in [9.17, 15) is 20.0 Å². The third-order valence-electron chi connectivity index (χ3n) is 3.05. The topological polar surface area (TPSA) is 116 Å². The summed E-state index contributed by atoms with van der Waals surface area (Å²) < 4.78 is 5.12. The van der Waals surface area contributed by atoms with Crippen LogP contribution in [0.25, 0.3) is 0 Å². The summed E-state index contributed by atoms with van der Waals surface area (Å²) in [6.45, 7) is 0.413. The van der Waals surface area contributed by atoms with Crippen LogP contribution in [-0.2, 0) is 11.2 Å². The summed E-state index contributed by atoms with van der Waals surface area (Å²) in [5, 5.41) is 20.0. The first-order valence-electron chi connectivity index (χ1n) is 6.23. The zero-order valence-electron chi connectivity index (χ0n) is 11.2. The van der Waals surface area contributed by atoms with Crippen molar-refractivity contribution in [1.82, 2.24) is 0 Å². The average Bonchev–Trinajstić information content (AvgIpc) is 2.42. The smallest absolute Gasteiger partial charge is 0.306 e. The maximum absolute atomic E-state index is 11.2. The summed E-state index contributed by atoms with van der Waals surface area (Å²) >= 11 is 0. The SMILES string of the molecule is COc1ccc([N+](=O)[O-])cc1CC(CCCN)C(=O)O. The monoisotopic (exact) mass is 282 g/mol. The molecule has 1 aromatic carbocycles. The molecule has 0 radical (unpaired) electrons. The molecule has 0 aromatic heterocycles. The van der Waals surface area contributed by atoms with Crippen molar-refractivity contribution >= 4 is 11.7 Å². The molecule has 0 saturated heterocycles. The molecule has 110 valence electrons. The highest BCUT2D eigenvalue weighted by molar-refractivity contribution is 5.70. The van der Waals surface area contributed by atoms with E-state index in [0.29, 0.717) is 30.7 Å². The minimum absolute atomic E-state index is 0.0798. The number of carbonyl (C=O) groups is 1. The van der Waals surface area contributed by atoms with Crippen molar-refractivity contribution in [3.8, 4) is 5.75 Å². The molecule has 0 fully saturated rings. The Morgan fingerprint density at radius 2 is 2.25 bits per heavy atom.